The Hall–Kier alpha value is -2.55. The van der Waals surface area contributed by atoms with Gasteiger partial charge in [-0.15, -0.1) is 0 Å². The highest BCUT2D eigenvalue weighted by molar-refractivity contribution is 6.00. The van der Waals surface area contributed by atoms with Crippen molar-refractivity contribution in [2.75, 3.05) is 0 Å². The van der Waals surface area contributed by atoms with Crippen LogP contribution in [0.1, 0.15) is 34.6 Å². The van der Waals surface area contributed by atoms with E-state index in [1.54, 1.807) is 0 Å². The third kappa shape index (κ3) is 1.79. The van der Waals surface area contributed by atoms with E-state index in [4.69, 9.17) is 5.26 Å². The number of benzene rings is 1. The summed E-state index contributed by atoms with van der Waals surface area (Å²) in [6.07, 6.45) is 1.52. The summed E-state index contributed by atoms with van der Waals surface area (Å²) in [4.78, 5) is 11.9. The highest BCUT2D eigenvalue weighted by Crippen LogP contribution is 2.27. The number of carbonyl (C=O) groups excluding carboxylic acids is 1. The van der Waals surface area contributed by atoms with Gasteiger partial charge in [0, 0.05) is 12.5 Å². The summed E-state index contributed by atoms with van der Waals surface area (Å²) in [5, 5.41) is 13.0. The van der Waals surface area contributed by atoms with Crippen LogP contribution in [-0.4, -0.2) is 15.6 Å². The van der Waals surface area contributed by atoms with Gasteiger partial charge in [0.25, 0.3) is 0 Å². The van der Waals surface area contributed by atoms with Crippen molar-refractivity contribution in [3.8, 4) is 11.8 Å². The number of hydrogen-bond donors (Lipinski definition) is 0. The van der Waals surface area contributed by atoms with Crippen molar-refractivity contribution in [1.82, 2.24) is 9.78 Å². The first kappa shape index (κ1) is 12.5. The van der Waals surface area contributed by atoms with Crippen molar-refractivity contribution in [1.29, 1.82) is 5.26 Å². The van der Waals surface area contributed by atoms with Crippen LogP contribution in [0.25, 0.3) is 5.69 Å². The van der Waals surface area contributed by atoms with E-state index in [0.29, 0.717) is 25.0 Å². The Morgan fingerprint density at radius 1 is 1.30 bits per heavy atom. The van der Waals surface area contributed by atoms with Crippen LogP contribution in [0.3, 0.4) is 0 Å². The number of rotatable bonds is 1. The Kier molecular flexibility index (Phi) is 2.83. The van der Waals surface area contributed by atoms with Crippen molar-refractivity contribution < 1.29 is 13.6 Å². The van der Waals surface area contributed by atoms with Crippen LogP contribution in [0.4, 0.5) is 8.78 Å². The molecule has 0 radical (unpaired) electrons. The number of fused-ring (bicyclic) bond motifs is 1. The van der Waals surface area contributed by atoms with Crippen molar-refractivity contribution in [2.45, 2.75) is 19.3 Å². The Balaban J connectivity index is 2.25. The lowest BCUT2D eigenvalue weighted by Gasteiger charge is -2.13. The van der Waals surface area contributed by atoms with E-state index in [-0.39, 0.29) is 22.7 Å². The molecule has 1 aliphatic rings. The van der Waals surface area contributed by atoms with Crippen LogP contribution in [0.5, 0.6) is 0 Å². The number of nitrogens with zero attached hydrogens (tertiary/aromatic N) is 3. The molecule has 0 fully saturated rings. The van der Waals surface area contributed by atoms with E-state index in [0.717, 1.165) is 12.1 Å². The topological polar surface area (TPSA) is 58.7 Å². The van der Waals surface area contributed by atoms with E-state index in [9.17, 15) is 13.6 Å². The summed E-state index contributed by atoms with van der Waals surface area (Å²) in [7, 11) is 0. The van der Waals surface area contributed by atoms with Gasteiger partial charge in [-0.25, -0.2) is 13.5 Å². The summed E-state index contributed by atoms with van der Waals surface area (Å²) >= 11 is 0. The van der Waals surface area contributed by atoms with Gasteiger partial charge in [0.1, 0.15) is 17.6 Å². The Morgan fingerprint density at radius 3 is 2.80 bits per heavy atom. The van der Waals surface area contributed by atoms with E-state index < -0.39 is 11.6 Å². The average molecular weight is 273 g/mol. The fourth-order valence-corrected chi connectivity index (χ4v) is 2.45. The van der Waals surface area contributed by atoms with Gasteiger partial charge in [-0.2, -0.15) is 10.4 Å². The Morgan fingerprint density at radius 2 is 2.10 bits per heavy atom. The van der Waals surface area contributed by atoms with Crippen molar-refractivity contribution in [2.24, 2.45) is 0 Å². The van der Waals surface area contributed by atoms with E-state index in [1.807, 2.05) is 6.07 Å². The summed E-state index contributed by atoms with van der Waals surface area (Å²) in [6, 6.07) is 4.97. The number of carbonyl (C=O) groups is 1. The molecular weight excluding hydrogens is 264 g/mol. The van der Waals surface area contributed by atoms with E-state index in [2.05, 4.69) is 5.10 Å². The quantitative estimate of drug-likeness (QED) is 0.802. The number of aromatic nitrogens is 2. The fourth-order valence-electron chi connectivity index (χ4n) is 2.45. The maximum atomic E-state index is 13.8. The van der Waals surface area contributed by atoms with E-state index in [1.165, 1.54) is 10.7 Å². The van der Waals surface area contributed by atoms with Crippen molar-refractivity contribution >= 4 is 5.78 Å². The van der Waals surface area contributed by atoms with Gasteiger partial charge in [0.2, 0.25) is 0 Å². The lowest BCUT2D eigenvalue weighted by atomic mass is 9.94. The molecule has 1 aromatic carbocycles. The predicted molar refractivity (Wildman–Crippen MR) is 65.5 cm³/mol. The average Bonchev–Trinajstić information content (AvgIpc) is 2.79. The van der Waals surface area contributed by atoms with Gasteiger partial charge in [0.15, 0.2) is 17.3 Å². The molecule has 0 bridgehead atoms. The van der Waals surface area contributed by atoms with Gasteiger partial charge in [-0.05, 0) is 25.0 Å². The third-order valence-electron chi connectivity index (χ3n) is 3.32. The van der Waals surface area contributed by atoms with Crippen molar-refractivity contribution in [3.63, 3.8) is 0 Å². The summed E-state index contributed by atoms with van der Waals surface area (Å²) in [6.45, 7) is 0. The molecule has 0 saturated carbocycles. The Labute approximate surface area is 113 Å². The SMILES string of the molecule is N#Cc1nn(-c2ccc(F)cc2F)c2c1C(=O)CCC2. The molecule has 1 heterocycles. The molecule has 1 aromatic heterocycles. The standard InChI is InChI=1S/C14H9F2N3O/c15-8-4-5-11(9(16)6-8)19-12-2-1-3-13(20)14(12)10(7-17)18-19/h4-6H,1-3H2. The molecule has 0 saturated heterocycles. The molecule has 0 amide bonds. The van der Waals surface area contributed by atoms with Crippen LogP contribution in [0.15, 0.2) is 18.2 Å². The minimum absolute atomic E-state index is 0.00609. The summed E-state index contributed by atoms with van der Waals surface area (Å²) in [5.74, 6) is -1.63. The molecule has 100 valence electrons. The number of halogens is 2. The fraction of sp³-hybridized carbons (Fsp3) is 0.214. The molecule has 0 aliphatic heterocycles. The summed E-state index contributed by atoms with van der Waals surface area (Å²) in [5.41, 5.74) is 0.818. The highest BCUT2D eigenvalue weighted by atomic mass is 19.1. The monoisotopic (exact) mass is 273 g/mol. The lowest BCUT2D eigenvalue weighted by Crippen LogP contribution is -2.13. The normalized spacial score (nSPS) is 13.9. The molecule has 0 spiro atoms. The molecule has 0 unspecified atom stereocenters. The van der Waals surface area contributed by atoms with Gasteiger partial charge >= 0.3 is 0 Å². The van der Waals surface area contributed by atoms with E-state index >= 15 is 0 Å². The molecule has 0 N–H and O–H groups in total. The van der Waals surface area contributed by atoms with Crippen molar-refractivity contribution in [3.05, 3.63) is 46.8 Å². The van der Waals surface area contributed by atoms with Crippen LogP contribution >= 0.6 is 0 Å². The number of nitriles is 1. The molecule has 0 atom stereocenters. The second-order valence-electron chi connectivity index (χ2n) is 4.57. The second-order valence-corrected chi connectivity index (χ2v) is 4.57. The molecule has 3 rings (SSSR count). The van der Waals surface area contributed by atoms with Crippen LogP contribution < -0.4 is 0 Å². The molecular formula is C14H9F2N3O. The zero-order valence-corrected chi connectivity index (χ0v) is 10.4. The predicted octanol–water partition coefficient (Wildman–Crippen LogP) is 2.54. The van der Waals surface area contributed by atoms with Crippen LogP contribution in [-0.2, 0) is 6.42 Å². The minimum atomic E-state index is -0.780. The van der Waals surface area contributed by atoms with Crippen LogP contribution in [0, 0.1) is 23.0 Å². The smallest absolute Gasteiger partial charge is 0.174 e. The van der Waals surface area contributed by atoms with Gasteiger partial charge in [-0.1, -0.05) is 0 Å². The second kappa shape index (κ2) is 4.53. The molecule has 20 heavy (non-hydrogen) atoms. The summed E-state index contributed by atoms with van der Waals surface area (Å²) < 4.78 is 28.0. The first-order valence-electron chi connectivity index (χ1n) is 6.12. The molecule has 1 aliphatic carbocycles. The zero-order valence-electron chi connectivity index (χ0n) is 10.4. The lowest BCUT2D eigenvalue weighted by molar-refractivity contribution is 0.0972. The van der Waals surface area contributed by atoms with Gasteiger partial charge in [0.05, 0.1) is 11.3 Å². The number of hydrogen-bond acceptors (Lipinski definition) is 3. The van der Waals surface area contributed by atoms with Gasteiger partial charge in [-0.3, -0.25) is 4.79 Å². The maximum Gasteiger partial charge on any atom is 0.174 e. The van der Waals surface area contributed by atoms with Gasteiger partial charge < -0.3 is 0 Å². The van der Waals surface area contributed by atoms with Crippen LogP contribution in [0.2, 0.25) is 0 Å². The number of Topliss-reactive ketones (excluding diaryl/α,β-unsaturated/α-hetero) is 1. The molecule has 6 heteroatoms. The number of ketones is 1. The third-order valence-corrected chi connectivity index (χ3v) is 3.32. The Bertz CT molecular complexity index is 759. The molecule has 4 nitrogen and oxygen atoms in total. The first-order chi connectivity index (χ1) is 9.61. The first-order valence-corrected chi connectivity index (χ1v) is 6.12. The zero-order chi connectivity index (χ0) is 14.3. The molecule has 2 aromatic rings. The largest absolute Gasteiger partial charge is 0.294 e. The minimum Gasteiger partial charge on any atom is -0.294 e. The highest BCUT2D eigenvalue weighted by Gasteiger charge is 2.28. The maximum absolute atomic E-state index is 13.8.